The lowest BCUT2D eigenvalue weighted by Gasteiger charge is -2.06. The van der Waals surface area contributed by atoms with Gasteiger partial charge >= 0.3 is 11.9 Å². The van der Waals surface area contributed by atoms with Crippen LogP contribution in [0.15, 0.2) is 71.3 Å². The first kappa shape index (κ1) is 19.5. The molecule has 9 nitrogen and oxygen atoms in total. The lowest BCUT2D eigenvalue weighted by Crippen LogP contribution is -2.14. The van der Waals surface area contributed by atoms with Gasteiger partial charge < -0.3 is 13.9 Å². The molecule has 9 heteroatoms. The van der Waals surface area contributed by atoms with Gasteiger partial charge in [0, 0.05) is 17.7 Å². The fourth-order valence-corrected chi connectivity index (χ4v) is 2.27. The molecule has 0 bridgehead atoms. The number of Topliss-reactive ketones (excluding diaryl/α,β-unsaturated/α-hetero) is 1. The molecule has 0 saturated carbocycles. The van der Waals surface area contributed by atoms with Gasteiger partial charge in [0.25, 0.3) is 5.69 Å². The molecule has 0 unspecified atom stereocenters. The zero-order valence-electron chi connectivity index (χ0n) is 14.8. The van der Waals surface area contributed by atoms with E-state index in [2.05, 4.69) is 0 Å². The third kappa shape index (κ3) is 4.92. The minimum absolute atomic E-state index is 0.00805. The number of nitro groups is 1. The maximum Gasteiger partial charge on any atom is 0.374 e. The summed E-state index contributed by atoms with van der Waals surface area (Å²) in [5.41, 5.74) is 0.255. The largest absolute Gasteiger partial charge is 0.457 e. The van der Waals surface area contributed by atoms with Crippen LogP contribution in [-0.2, 0) is 4.74 Å². The van der Waals surface area contributed by atoms with Gasteiger partial charge in [-0.15, -0.1) is 0 Å². The molecular formula is C20H13NO8. The van der Waals surface area contributed by atoms with Crippen LogP contribution in [-0.4, -0.2) is 29.3 Å². The quantitative estimate of drug-likeness (QED) is 0.196. The van der Waals surface area contributed by atoms with E-state index in [1.54, 1.807) is 0 Å². The van der Waals surface area contributed by atoms with Crippen molar-refractivity contribution in [3.8, 4) is 5.75 Å². The van der Waals surface area contributed by atoms with Gasteiger partial charge in [0.2, 0.25) is 5.76 Å². The summed E-state index contributed by atoms with van der Waals surface area (Å²) in [6.07, 6.45) is 1.31. The molecule has 0 aliphatic carbocycles. The van der Waals surface area contributed by atoms with Crippen molar-refractivity contribution in [1.82, 2.24) is 0 Å². The molecule has 0 aliphatic heterocycles. The first-order chi connectivity index (χ1) is 13.9. The molecule has 0 N–H and O–H groups in total. The molecule has 1 heterocycles. The number of non-ortho nitro benzene ring substituents is 1. The molecule has 0 amide bonds. The fraction of sp³-hybridized carbons (Fsp3) is 0.0500. The first-order valence-electron chi connectivity index (χ1n) is 8.24. The van der Waals surface area contributed by atoms with E-state index in [1.807, 2.05) is 0 Å². The minimum atomic E-state index is -0.753. The second-order valence-electron chi connectivity index (χ2n) is 5.69. The molecule has 0 fully saturated rings. The van der Waals surface area contributed by atoms with Gasteiger partial charge in [-0.3, -0.25) is 14.9 Å². The number of benzene rings is 2. The number of carbonyl (C=O) groups is 3. The Morgan fingerprint density at radius 3 is 2.14 bits per heavy atom. The molecule has 0 radical (unpaired) electrons. The maximum absolute atomic E-state index is 12.1. The average molecular weight is 395 g/mol. The van der Waals surface area contributed by atoms with E-state index >= 15 is 0 Å². The number of hydrogen-bond donors (Lipinski definition) is 0. The third-order valence-corrected chi connectivity index (χ3v) is 3.76. The van der Waals surface area contributed by atoms with Crippen LogP contribution in [0, 0.1) is 10.1 Å². The van der Waals surface area contributed by atoms with Crippen molar-refractivity contribution in [2.75, 3.05) is 6.61 Å². The molecule has 2 aromatic carbocycles. The molecule has 3 aromatic rings. The van der Waals surface area contributed by atoms with Crippen LogP contribution in [0.5, 0.6) is 5.75 Å². The van der Waals surface area contributed by atoms with Gasteiger partial charge in [-0.2, -0.15) is 0 Å². The second kappa shape index (κ2) is 8.61. The van der Waals surface area contributed by atoms with E-state index in [1.165, 1.54) is 66.9 Å². The van der Waals surface area contributed by atoms with Gasteiger partial charge in [-0.1, -0.05) is 0 Å². The lowest BCUT2D eigenvalue weighted by atomic mass is 10.1. The van der Waals surface area contributed by atoms with Crippen molar-refractivity contribution in [3.63, 3.8) is 0 Å². The number of furan rings is 1. The van der Waals surface area contributed by atoms with E-state index in [0.29, 0.717) is 0 Å². The zero-order chi connectivity index (χ0) is 20.8. The molecule has 0 atom stereocenters. The number of ether oxygens (including phenoxy) is 2. The monoisotopic (exact) mass is 395 g/mol. The normalized spacial score (nSPS) is 10.2. The topological polar surface area (TPSA) is 126 Å². The molecule has 0 aliphatic rings. The number of esters is 2. The third-order valence-electron chi connectivity index (χ3n) is 3.76. The Morgan fingerprint density at radius 1 is 0.897 bits per heavy atom. The van der Waals surface area contributed by atoms with Crippen LogP contribution >= 0.6 is 0 Å². The van der Waals surface area contributed by atoms with Crippen molar-refractivity contribution < 1.29 is 33.2 Å². The molecule has 146 valence electrons. The zero-order valence-corrected chi connectivity index (χ0v) is 14.8. The number of nitro benzene ring substituents is 1. The van der Waals surface area contributed by atoms with Gasteiger partial charge in [0.1, 0.15) is 5.75 Å². The van der Waals surface area contributed by atoms with E-state index in [0.717, 1.165) is 0 Å². The fourth-order valence-electron chi connectivity index (χ4n) is 2.27. The van der Waals surface area contributed by atoms with Gasteiger partial charge in [0.15, 0.2) is 12.4 Å². The van der Waals surface area contributed by atoms with Crippen molar-refractivity contribution in [3.05, 3.63) is 93.9 Å². The van der Waals surface area contributed by atoms with Crippen molar-refractivity contribution in [2.45, 2.75) is 0 Å². The summed E-state index contributed by atoms with van der Waals surface area (Å²) in [5, 5.41) is 10.6. The molecule has 3 rings (SSSR count). The van der Waals surface area contributed by atoms with Gasteiger partial charge in [0.05, 0.1) is 16.7 Å². The van der Waals surface area contributed by atoms with Crippen LogP contribution in [0.3, 0.4) is 0 Å². The molecular weight excluding hydrogens is 382 g/mol. The van der Waals surface area contributed by atoms with E-state index in [-0.39, 0.29) is 28.3 Å². The van der Waals surface area contributed by atoms with Crippen molar-refractivity contribution in [2.24, 2.45) is 0 Å². The van der Waals surface area contributed by atoms with Crippen LogP contribution in [0.4, 0.5) is 5.69 Å². The van der Waals surface area contributed by atoms with Gasteiger partial charge in [-0.05, 0) is 48.5 Å². The Hall–Kier alpha value is -4.27. The Morgan fingerprint density at radius 2 is 1.55 bits per heavy atom. The molecule has 1 aromatic heterocycles. The predicted molar refractivity (Wildman–Crippen MR) is 97.8 cm³/mol. The number of nitrogens with zero attached hydrogens (tertiary/aromatic N) is 1. The number of ketones is 1. The van der Waals surface area contributed by atoms with Crippen LogP contribution in [0.2, 0.25) is 0 Å². The predicted octanol–water partition coefficient (Wildman–Crippen LogP) is 3.45. The standard InChI is InChI=1S/C20H13NO8/c22-17(12-28-20(24)18-2-1-11-27-18)13-5-9-16(10-6-13)29-19(23)14-3-7-15(8-4-14)21(25)26/h1-11H,12H2. The van der Waals surface area contributed by atoms with Gasteiger partial charge in [-0.25, -0.2) is 9.59 Å². The second-order valence-corrected chi connectivity index (χ2v) is 5.69. The molecule has 29 heavy (non-hydrogen) atoms. The summed E-state index contributed by atoms with van der Waals surface area (Å²) in [6.45, 7) is -0.471. The number of carbonyl (C=O) groups excluding carboxylic acids is 3. The van der Waals surface area contributed by atoms with E-state index in [9.17, 15) is 24.5 Å². The number of rotatable bonds is 7. The summed E-state index contributed by atoms with van der Waals surface area (Å²) in [7, 11) is 0. The minimum Gasteiger partial charge on any atom is -0.457 e. The summed E-state index contributed by atoms with van der Waals surface area (Å²) in [4.78, 5) is 45.9. The highest BCUT2D eigenvalue weighted by Crippen LogP contribution is 2.17. The first-order valence-corrected chi connectivity index (χ1v) is 8.24. The van der Waals surface area contributed by atoms with Crippen molar-refractivity contribution in [1.29, 1.82) is 0 Å². The number of hydrogen-bond acceptors (Lipinski definition) is 8. The molecule has 0 saturated heterocycles. The SMILES string of the molecule is O=C(COC(=O)c1ccco1)c1ccc(OC(=O)c2ccc([N+](=O)[O-])cc2)cc1. The van der Waals surface area contributed by atoms with Crippen LogP contribution in [0.1, 0.15) is 31.3 Å². The smallest absolute Gasteiger partial charge is 0.374 e. The summed E-state index contributed by atoms with van der Waals surface area (Å²) >= 11 is 0. The summed E-state index contributed by atoms with van der Waals surface area (Å²) < 4.78 is 14.9. The lowest BCUT2D eigenvalue weighted by molar-refractivity contribution is -0.384. The highest BCUT2D eigenvalue weighted by molar-refractivity contribution is 5.99. The Kier molecular flexibility index (Phi) is 5.79. The van der Waals surface area contributed by atoms with E-state index in [4.69, 9.17) is 13.9 Å². The Balaban J connectivity index is 1.56. The van der Waals surface area contributed by atoms with Crippen LogP contribution in [0.25, 0.3) is 0 Å². The van der Waals surface area contributed by atoms with Crippen LogP contribution < -0.4 is 4.74 Å². The Bertz CT molecular complexity index is 1040. The summed E-state index contributed by atoms with van der Waals surface area (Å²) in [5.74, 6) is -1.73. The van der Waals surface area contributed by atoms with Crippen molar-refractivity contribution >= 4 is 23.4 Å². The van der Waals surface area contributed by atoms with E-state index < -0.39 is 29.3 Å². The molecule has 0 spiro atoms. The highest BCUT2D eigenvalue weighted by atomic mass is 16.6. The average Bonchev–Trinajstić information content (AvgIpc) is 3.27. The maximum atomic E-state index is 12.1. The highest BCUT2D eigenvalue weighted by Gasteiger charge is 2.15. The Labute approximate surface area is 163 Å². The summed E-state index contributed by atoms with van der Waals surface area (Å²) in [6, 6.07) is 13.6.